The van der Waals surface area contributed by atoms with Gasteiger partial charge in [0, 0.05) is 11.1 Å². The lowest BCUT2D eigenvalue weighted by atomic mass is 9.98. The van der Waals surface area contributed by atoms with E-state index >= 15 is 0 Å². The number of tetrazole rings is 1. The van der Waals surface area contributed by atoms with Gasteiger partial charge < -0.3 is 0 Å². The van der Waals surface area contributed by atoms with Crippen molar-refractivity contribution in [3.63, 3.8) is 0 Å². The van der Waals surface area contributed by atoms with Crippen molar-refractivity contribution >= 4 is 27.3 Å². The summed E-state index contributed by atoms with van der Waals surface area (Å²) in [6.45, 7) is 2.03. The van der Waals surface area contributed by atoms with Crippen molar-refractivity contribution in [1.29, 1.82) is 0 Å². The monoisotopic (exact) mass is 503 g/mol. The third kappa shape index (κ3) is 4.92. The Morgan fingerprint density at radius 1 is 1.06 bits per heavy atom. The maximum atomic E-state index is 14.9. The Morgan fingerprint density at radius 3 is 2.50 bits per heavy atom. The first kappa shape index (κ1) is 23.8. The van der Waals surface area contributed by atoms with E-state index in [0.717, 1.165) is 28.1 Å². The average molecular weight is 504 g/mol. The molecule has 11 heteroatoms. The number of sulfonamides is 1. The van der Waals surface area contributed by atoms with Gasteiger partial charge in [-0.15, -0.1) is 10.2 Å². The summed E-state index contributed by atoms with van der Waals surface area (Å²) < 4.78 is 57.4. The third-order valence-corrected chi connectivity index (χ3v) is 7.50. The van der Waals surface area contributed by atoms with Crippen LogP contribution in [0.3, 0.4) is 0 Å². The number of aromatic nitrogens is 4. The summed E-state index contributed by atoms with van der Waals surface area (Å²) in [6.07, 6.45) is 1.79. The van der Waals surface area contributed by atoms with Crippen LogP contribution >= 0.6 is 11.6 Å². The van der Waals surface area contributed by atoms with Crippen LogP contribution in [0.25, 0.3) is 0 Å². The summed E-state index contributed by atoms with van der Waals surface area (Å²) in [5.41, 5.74) is 1.04. The zero-order chi connectivity index (χ0) is 24.3. The molecule has 0 saturated heterocycles. The molecule has 0 spiro atoms. The van der Waals surface area contributed by atoms with Gasteiger partial charge in [-0.3, -0.25) is 4.31 Å². The molecule has 0 aliphatic heterocycles. The van der Waals surface area contributed by atoms with E-state index in [1.807, 2.05) is 12.1 Å². The van der Waals surface area contributed by atoms with E-state index < -0.39 is 33.4 Å². The first-order valence-corrected chi connectivity index (χ1v) is 12.1. The number of rotatable bonds is 8. The Morgan fingerprint density at radius 2 is 1.79 bits per heavy atom. The number of nitrogens with zero attached hydrogens (tertiary/aromatic N) is 5. The van der Waals surface area contributed by atoms with Gasteiger partial charge in [0.25, 0.3) is 10.0 Å². The Hall–Kier alpha value is -3.37. The normalized spacial score (nSPS) is 12.5. The van der Waals surface area contributed by atoms with Crippen LogP contribution in [0, 0.1) is 11.6 Å². The lowest BCUT2D eigenvalue weighted by Gasteiger charge is -2.32. The predicted octanol–water partition coefficient (Wildman–Crippen LogP) is 4.80. The fourth-order valence-corrected chi connectivity index (χ4v) is 5.49. The third-order valence-electron chi connectivity index (χ3n) is 5.35. The molecule has 0 saturated carbocycles. The van der Waals surface area contributed by atoms with Crippen molar-refractivity contribution in [3.8, 4) is 0 Å². The minimum absolute atomic E-state index is 0.100. The Balaban J connectivity index is 1.81. The highest BCUT2D eigenvalue weighted by Gasteiger charge is 2.33. The highest BCUT2D eigenvalue weighted by Crippen LogP contribution is 2.36. The van der Waals surface area contributed by atoms with Crippen LogP contribution in [0.5, 0.6) is 0 Å². The van der Waals surface area contributed by atoms with E-state index in [-0.39, 0.29) is 4.90 Å². The van der Waals surface area contributed by atoms with Gasteiger partial charge >= 0.3 is 0 Å². The van der Waals surface area contributed by atoms with Crippen LogP contribution in [0.15, 0.2) is 78.0 Å². The maximum Gasteiger partial charge on any atom is 0.264 e. The largest absolute Gasteiger partial charge is 0.264 e. The number of hydrogen-bond donors (Lipinski definition) is 0. The quantitative estimate of drug-likeness (QED) is 0.345. The molecule has 176 valence electrons. The second-order valence-corrected chi connectivity index (χ2v) is 9.76. The molecular weight excluding hydrogens is 484 g/mol. The predicted molar refractivity (Wildman–Crippen MR) is 124 cm³/mol. The van der Waals surface area contributed by atoms with E-state index in [9.17, 15) is 17.2 Å². The molecule has 0 aliphatic carbocycles. The molecule has 0 bridgehead atoms. The first-order chi connectivity index (χ1) is 16.3. The van der Waals surface area contributed by atoms with Gasteiger partial charge in [0.05, 0.1) is 23.2 Å². The topological polar surface area (TPSA) is 81.0 Å². The van der Waals surface area contributed by atoms with Gasteiger partial charge in [-0.25, -0.2) is 17.2 Å². The highest BCUT2D eigenvalue weighted by atomic mass is 35.5. The summed E-state index contributed by atoms with van der Waals surface area (Å²) in [7, 11) is -4.30. The van der Waals surface area contributed by atoms with Crippen molar-refractivity contribution in [2.24, 2.45) is 0 Å². The van der Waals surface area contributed by atoms with Crippen LogP contribution in [0.4, 0.5) is 14.5 Å². The van der Waals surface area contributed by atoms with Crippen LogP contribution in [0.2, 0.25) is 5.02 Å². The fraction of sp³-hybridized carbons (Fsp3) is 0.174. The maximum absolute atomic E-state index is 14.9. The van der Waals surface area contributed by atoms with Gasteiger partial charge in [-0.2, -0.15) is 4.80 Å². The molecule has 3 aromatic carbocycles. The summed E-state index contributed by atoms with van der Waals surface area (Å²) in [4.78, 5) is 1.31. The molecule has 1 atom stereocenters. The number of hydrogen-bond acceptors (Lipinski definition) is 5. The highest BCUT2D eigenvalue weighted by molar-refractivity contribution is 7.92. The molecule has 1 unspecified atom stereocenters. The van der Waals surface area contributed by atoms with Gasteiger partial charge in [0.15, 0.2) is 6.33 Å². The zero-order valence-electron chi connectivity index (χ0n) is 18.0. The van der Waals surface area contributed by atoms with Crippen molar-refractivity contribution in [2.75, 3.05) is 4.31 Å². The molecule has 0 N–H and O–H groups in total. The summed E-state index contributed by atoms with van der Waals surface area (Å²) in [5, 5.41) is 11.9. The van der Waals surface area contributed by atoms with Crippen LogP contribution in [-0.4, -0.2) is 28.6 Å². The molecule has 1 heterocycles. The first-order valence-electron chi connectivity index (χ1n) is 10.3. The van der Waals surface area contributed by atoms with Crippen molar-refractivity contribution in [2.45, 2.75) is 30.8 Å². The minimum atomic E-state index is -4.30. The molecule has 1 aromatic heterocycles. The molecule has 0 aliphatic rings. The molecule has 0 radical (unpaired) electrons. The van der Waals surface area contributed by atoms with E-state index in [2.05, 4.69) is 15.4 Å². The van der Waals surface area contributed by atoms with E-state index in [0.29, 0.717) is 23.6 Å². The van der Waals surface area contributed by atoms with Gasteiger partial charge in [0.2, 0.25) is 0 Å². The van der Waals surface area contributed by atoms with Gasteiger partial charge in [0.1, 0.15) is 11.6 Å². The molecule has 0 fully saturated rings. The van der Waals surface area contributed by atoms with Gasteiger partial charge in [-0.05, 0) is 66.1 Å². The Kier molecular flexibility index (Phi) is 6.90. The second kappa shape index (κ2) is 9.86. The lowest BCUT2D eigenvalue weighted by molar-refractivity contribution is 0.519. The zero-order valence-corrected chi connectivity index (χ0v) is 19.6. The SMILES string of the molecule is CC(c1ccccc1CCn1ncnn1)N(c1cc(F)ccc1F)S(=O)(=O)c1ccc(Cl)cc1. The van der Waals surface area contributed by atoms with E-state index in [4.69, 9.17) is 11.6 Å². The summed E-state index contributed by atoms with van der Waals surface area (Å²) in [5.74, 6) is -1.62. The summed E-state index contributed by atoms with van der Waals surface area (Å²) in [6, 6.07) is 14.6. The van der Waals surface area contributed by atoms with Crippen molar-refractivity contribution < 1.29 is 17.2 Å². The standard InChI is InChI=1S/C23H20ClF2N5O2S/c1-16(21-5-3-2-4-17(21)12-13-30-28-15-27-29-30)31(23-14-19(25)8-11-22(23)26)34(32,33)20-9-6-18(24)7-10-20/h2-11,14-16H,12-13H2,1H3. The van der Waals surface area contributed by atoms with E-state index in [1.54, 1.807) is 19.1 Å². The van der Waals surface area contributed by atoms with Crippen LogP contribution < -0.4 is 4.31 Å². The van der Waals surface area contributed by atoms with Crippen LogP contribution in [0.1, 0.15) is 24.1 Å². The lowest BCUT2D eigenvalue weighted by Crippen LogP contribution is -2.35. The smallest absolute Gasteiger partial charge is 0.256 e. The number of benzene rings is 3. The Labute approximate surface area is 200 Å². The Bertz CT molecular complexity index is 1380. The fourth-order valence-electron chi connectivity index (χ4n) is 3.73. The van der Waals surface area contributed by atoms with Gasteiger partial charge in [-0.1, -0.05) is 35.9 Å². The van der Waals surface area contributed by atoms with E-state index in [1.165, 1.54) is 35.4 Å². The molecule has 4 aromatic rings. The van der Waals surface area contributed by atoms with Crippen LogP contribution in [-0.2, 0) is 23.0 Å². The number of aryl methyl sites for hydroxylation is 2. The summed E-state index contributed by atoms with van der Waals surface area (Å²) >= 11 is 5.93. The number of anilines is 1. The molecule has 4 rings (SSSR count). The molecule has 7 nitrogen and oxygen atoms in total. The number of halogens is 3. The minimum Gasteiger partial charge on any atom is -0.256 e. The van der Waals surface area contributed by atoms with Crippen molar-refractivity contribution in [3.05, 3.63) is 101 Å². The molecular formula is C23H20ClF2N5O2S. The molecule has 34 heavy (non-hydrogen) atoms. The average Bonchev–Trinajstić information content (AvgIpc) is 3.34. The van der Waals surface area contributed by atoms with Crippen molar-refractivity contribution in [1.82, 2.24) is 20.2 Å². The molecule has 0 amide bonds. The second-order valence-electron chi connectivity index (χ2n) is 7.51.